The predicted octanol–water partition coefficient (Wildman–Crippen LogP) is 9.08. The molecule has 1 aliphatic carbocycles. The number of pyridine rings is 2. The van der Waals surface area contributed by atoms with Crippen LogP contribution in [0, 0.1) is 0 Å². The van der Waals surface area contributed by atoms with Crippen molar-refractivity contribution in [1.29, 1.82) is 0 Å². The molecular weight excluding hydrogens is 482 g/mol. The highest BCUT2D eigenvalue weighted by Crippen LogP contribution is 2.42. The Labute approximate surface area is 224 Å². The highest BCUT2D eigenvalue weighted by Gasteiger charge is 2.24. The lowest BCUT2D eigenvalue weighted by Gasteiger charge is -2.16. The summed E-state index contributed by atoms with van der Waals surface area (Å²) in [6.45, 7) is 0. The summed E-state index contributed by atoms with van der Waals surface area (Å²) >= 11 is 1.81. The van der Waals surface area contributed by atoms with Crippen molar-refractivity contribution in [1.82, 2.24) is 14.5 Å². The standard InChI is InChI=1S/C34H23N3S/c1-3-11-22(12-4-1)24-19-27(23-13-5-2-6-14-23)36-31(20-24)37-28-17-9-7-15-25(28)33-34(37)32-26-16-8-10-18-29(26)38-30(32)21-35-33/h1-8,10-16,18-21H,9,17H2. The molecule has 38 heavy (non-hydrogen) atoms. The van der Waals surface area contributed by atoms with Gasteiger partial charge in [-0.3, -0.25) is 9.55 Å². The van der Waals surface area contributed by atoms with Gasteiger partial charge in [0.15, 0.2) is 0 Å². The molecule has 4 heteroatoms. The smallest absolute Gasteiger partial charge is 0.138 e. The molecule has 0 fully saturated rings. The van der Waals surface area contributed by atoms with Gasteiger partial charge in [-0.2, -0.15) is 0 Å². The fourth-order valence-corrected chi connectivity index (χ4v) is 6.87. The van der Waals surface area contributed by atoms with E-state index in [0.29, 0.717) is 0 Å². The molecule has 0 amide bonds. The zero-order valence-corrected chi connectivity index (χ0v) is 21.5. The molecular formula is C34H23N3S. The van der Waals surface area contributed by atoms with Gasteiger partial charge < -0.3 is 0 Å². The van der Waals surface area contributed by atoms with Gasteiger partial charge in [-0.25, -0.2) is 4.98 Å². The molecule has 3 nitrogen and oxygen atoms in total. The minimum atomic E-state index is 0.941. The van der Waals surface area contributed by atoms with Gasteiger partial charge >= 0.3 is 0 Å². The maximum Gasteiger partial charge on any atom is 0.138 e. The molecule has 0 saturated heterocycles. The van der Waals surface area contributed by atoms with Crippen molar-refractivity contribution in [3.05, 3.63) is 121 Å². The first-order chi connectivity index (χ1) is 18.8. The van der Waals surface area contributed by atoms with Gasteiger partial charge in [-0.05, 0) is 42.2 Å². The third kappa shape index (κ3) is 3.27. The number of hydrogen-bond acceptors (Lipinski definition) is 3. The zero-order chi connectivity index (χ0) is 25.1. The second kappa shape index (κ2) is 8.51. The van der Waals surface area contributed by atoms with E-state index in [-0.39, 0.29) is 0 Å². The van der Waals surface area contributed by atoms with Gasteiger partial charge in [0.2, 0.25) is 0 Å². The molecule has 4 aromatic heterocycles. The Hall–Kier alpha value is -4.54. The molecule has 3 aromatic carbocycles. The maximum absolute atomic E-state index is 5.32. The number of nitrogens with zero attached hydrogens (tertiary/aromatic N) is 3. The van der Waals surface area contributed by atoms with Gasteiger partial charge in [0.25, 0.3) is 0 Å². The van der Waals surface area contributed by atoms with Crippen LogP contribution < -0.4 is 0 Å². The number of hydrogen-bond donors (Lipinski definition) is 0. The van der Waals surface area contributed by atoms with Crippen molar-refractivity contribution in [3.8, 4) is 28.2 Å². The average Bonchev–Trinajstić information content (AvgIpc) is 3.53. The third-order valence-electron chi connectivity index (χ3n) is 7.50. The summed E-state index contributed by atoms with van der Waals surface area (Å²) in [6, 6.07) is 34.2. The van der Waals surface area contributed by atoms with E-state index < -0.39 is 0 Å². The second-order valence-corrected chi connectivity index (χ2v) is 10.8. The first kappa shape index (κ1) is 21.5. The molecule has 0 bridgehead atoms. The van der Waals surface area contributed by atoms with Crippen molar-refractivity contribution in [2.45, 2.75) is 12.8 Å². The third-order valence-corrected chi connectivity index (χ3v) is 8.61. The van der Waals surface area contributed by atoms with Gasteiger partial charge in [0, 0.05) is 38.5 Å². The summed E-state index contributed by atoms with van der Waals surface area (Å²) in [5.74, 6) is 0.941. The van der Waals surface area contributed by atoms with E-state index in [9.17, 15) is 0 Å². The summed E-state index contributed by atoms with van der Waals surface area (Å²) in [5.41, 5.74) is 9.15. The number of benzene rings is 3. The Bertz CT molecular complexity index is 1960. The number of thiophene rings is 1. The van der Waals surface area contributed by atoms with Crippen LogP contribution in [0.3, 0.4) is 0 Å². The van der Waals surface area contributed by atoms with E-state index in [4.69, 9.17) is 9.97 Å². The molecule has 0 unspecified atom stereocenters. The van der Waals surface area contributed by atoms with Crippen molar-refractivity contribution >= 4 is 48.6 Å². The molecule has 8 rings (SSSR count). The minimum Gasteiger partial charge on any atom is -0.295 e. The first-order valence-corrected chi connectivity index (χ1v) is 13.8. The minimum absolute atomic E-state index is 0.941. The topological polar surface area (TPSA) is 30.7 Å². The van der Waals surface area contributed by atoms with Crippen LogP contribution in [0.15, 0.2) is 109 Å². The van der Waals surface area contributed by atoms with Crippen molar-refractivity contribution in [3.63, 3.8) is 0 Å². The Kier molecular flexibility index (Phi) is 4.82. The van der Waals surface area contributed by atoms with Gasteiger partial charge in [0.05, 0.1) is 21.4 Å². The van der Waals surface area contributed by atoms with Crippen LogP contribution in [0.25, 0.3) is 65.5 Å². The fourth-order valence-electron chi connectivity index (χ4n) is 5.79. The largest absolute Gasteiger partial charge is 0.295 e. The molecule has 180 valence electrons. The molecule has 1 aliphatic rings. The number of rotatable bonds is 3. The second-order valence-electron chi connectivity index (χ2n) is 9.76. The van der Waals surface area contributed by atoms with Crippen molar-refractivity contribution in [2.75, 3.05) is 0 Å². The van der Waals surface area contributed by atoms with Crippen molar-refractivity contribution < 1.29 is 0 Å². The van der Waals surface area contributed by atoms with Crippen molar-refractivity contribution in [2.24, 2.45) is 0 Å². The fraction of sp³-hybridized carbons (Fsp3) is 0.0588. The molecule has 4 heterocycles. The summed E-state index contributed by atoms with van der Waals surface area (Å²) < 4.78 is 4.90. The molecule has 7 aromatic rings. The number of fused-ring (bicyclic) bond motifs is 7. The zero-order valence-electron chi connectivity index (χ0n) is 20.6. The van der Waals surface area contributed by atoms with E-state index in [1.807, 2.05) is 11.3 Å². The van der Waals surface area contributed by atoms with E-state index >= 15 is 0 Å². The quantitative estimate of drug-likeness (QED) is 0.240. The molecule has 0 N–H and O–H groups in total. The van der Waals surface area contributed by atoms with Crippen LogP contribution in [-0.2, 0) is 6.42 Å². The average molecular weight is 506 g/mol. The van der Waals surface area contributed by atoms with E-state index in [1.54, 1.807) is 0 Å². The van der Waals surface area contributed by atoms with Crippen LogP contribution in [0.5, 0.6) is 0 Å². The van der Waals surface area contributed by atoms with Crippen LogP contribution in [-0.4, -0.2) is 14.5 Å². The number of aromatic nitrogens is 3. The van der Waals surface area contributed by atoms with Crippen LogP contribution in [0.4, 0.5) is 0 Å². The highest BCUT2D eigenvalue weighted by atomic mass is 32.1. The van der Waals surface area contributed by atoms with E-state index in [2.05, 4.69) is 120 Å². The highest BCUT2D eigenvalue weighted by molar-refractivity contribution is 7.26. The van der Waals surface area contributed by atoms with Crippen LogP contribution >= 0.6 is 11.3 Å². The normalized spacial score (nSPS) is 12.9. The molecule has 0 saturated carbocycles. The van der Waals surface area contributed by atoms with E-state index in [0.717, 1.165) is 46.5 Å². The lowest BCUT2D eigenvalue weighted by atomic mass is 10.0. The monoisotopic (exact) mass is 505 g/mol. The summed E-state index contributed by atoms with van der Waals surface area (Å²) in [6.07, 6.45) is 8.56. The van der Waals surface area contributed by atoms with Crippen LogP contribution in [0.2, 0.25) is 0 Å². The Morgan fingerprint density at radius 2 is 1.50 bits per heavy atom. The maximum atomic E-state index is 5.32. The van der Waals surface area contributed by atoms with Gasteiger partial charge in [-0.15, -0.1) is 11.3 Å². The van der Waals surface area contributed by atoms with Gasteiger partial charge in [-0.1, -0.05) is 91.0 Å². The Balaban J connectivity index is 1.52. The SMILES string of the molecule is C1=Cc2c(n(-c3cc(-c4ccccc4)cc(-c4ccccc4)n3)c3c2ncc2sc4ccccc4c23)CC1. The summed E-state index contributed by atoms with van der Waals surface area (Å²) in [4.78, 5) is 10.4. The first-order valence-electron chi connectivity index (χ1n) is 13.0. The molecule has 0 spiro atoms. The Morgan fingerprint density at radius 1 is 0.737 bits per heavy atom. The number of allylic oxidation sites excluding steroid dienone is 1. The van der Waals surface area contributed by atoms with E-state index in [1.165, 1.54) is 37.0 Å². The molecule has 0 atom stereocenters. The Morgan fingerprint density at radius 3 is 2.34 bits per heavy atom. The summed E-state index contributed by atoms with van der Waals surface area (Å²) in [5, 5.41) is 2.55. The predicted molar refractivity (Wildman–Crippen MR) is 160 cm³/mol. The lowest BCUT2D eigenvalue weighted by molar-refractivity contribution is 0.873. The molecule has 0 radical (unpaired) electrons. The van der Waals surface area contributed by atoms with Gasteiger partial charge in [0.1, 0.15) is 5.82 Å². The van der Waals surface area contributed by atoms with Crippen LogP contribution in [0.1, 0.15) is 17.7 Å². The molecule has 0 aliphatic heterocycles. The summed E-state index contributed by atoms with van der Waals surface area (Å²) in [7, 11) is 0. The lowest BCUT2D eigenvalue weighted by Crippen LogP contribution is -2.06.